The van der Waals surface area contributed by atoms with E-state index >= 15 is 0 Å². The summed E-state index contributed by atoms with van der Waals surface area (Å²) in [6, 6.07) is 6.51. The van der Waals surface area contributed by atoms with Crippen molar-refractivity contribution in [2.75, 3.05) is 13.2 Å². The smallest absolute Gasteiger partial charge is 0.408 e. The molecule has 0 bridgehead atoms. The van der Waals surface area contributed by atoms with Crippen molar-refractivity contribution in [3.05, 3.63) is 35.9 Å². The Bertz CT molecular complexity index is 818. The molecule has 34 heavy (non-hydrogen) atoms. The molecule has 0 radical (unpaired) electrons. The number of alkyl carbamates (subject to hydrolysis) is 1. The van der Waals surface area contributed by atoms with Gasteiger partial charge >= 0.3 is 18.0 Å². The molecule has 1 aromatic carbocycles. The number of nitrogens with one attached hydrogen (secondary N) is 3. The zero-order valence-corrected chi connectivity index (χ0v) is 19.3. The average molecular weight is 481 g/mol. The molecular formula is C22H32N4O8. The van der Waals surface area contributed by atoms with Crippen LogP contribution in [0.25, 0.3) is 0 Å². The van der Waals surface area contributed by atoms with Gasteiger partial charge in [-0.1, -0.05) is 30.3 Å². The molecule has 0 spiro atoms. The first-order valence-electron chi connectivity index (χ1n) is 10.9. The highest BCUT2D eigenvalue weighted by atomic mass is 16.5. The molecule has 0 saturated carbocycles. The second-order valence-electron chi connectivity index (χ2n) is 7.02. The normalized spacial score (nSPS) is 12.0. The molecule has 0 aliphatic heterocycles. The lowest BCUT2D eigenvalue weighted by atomic mass is 10.1. The van der Waals surface area contributed by atoms with Gasteiger partial charge in [-0.2, -0.15) is 0 Å². The lowest BCUT2D eigenvalue weighted by Crippen LogP contribution is -2.55. The number of hydrogen-bond donors (Lipinski definition) is 4. The van der Waals surface area contributed by atoms with Crippen molar-refractivity contribution < 1.29 is 38.2 Å². The molecule has 188 valence electrons. The van der Waals surface area contributed by atoms with E-state index in [0.717, 1.165) is 5.56 Å². The third-order valence-electron chi connectivity index (χ3n) is 4.48. The predicted molar refractivity (Wildman–Crippen MR) is 120 cm³/mol. The Morgan fingerprint density at radius 1 is 0.794 bits per heavy atom. The molecular weight excluding hydrogens is 448 g/mol. The maximum atomic E-state index is 12.9. The SMILES string of the molecule is CCOC(=O)CC[C@@H](NC(=O)OCc1ccccc1)C(=O)N[C@H](CCC(=O)OCC)C(=O)NN. The number of nitrogens with two attached hydrogens (primary N) is 1. The second kappa shape index (κ2) is 16.0. The van der Waals surface area contributed by atoms with Crippen LogP contribution >= 0.6 is 0 Å². The van der Waals surface area contributed by atoms with Crippen molar-refractivity contribution in [2.24, 2.45) is 5.84 Å². The Labute approximate surface area is 197 Å². The van der Waals surface area contributed by atoms with Crippen LogP contribution in [0.4, 0.5) is 4.79 Å². The van der Waals surface area contributed by atoms with E-state index in [1.54, 1.807) is 38.1 Å². The lowest BCUT2D eigenvalue weighted by molar-refractivity contribution is -0.145. The van der Waals surface area contributed by atoms with Crippen LogP contribution in [-0.4, -0.2) is 55.1 Å². The van der Waals surface area contributed by atoms with E-state index in [-0.39, 0.29) is 45.5 Å². The van der Waals surface area contributed by atoms with E-state index < -0.39 is 41.9 Å². The van der Waals surface area contributed by atoms with Crippen molar-refractivity contribution in [1.29, 1.82) is 0 Å². The number of amides is 3. The third-order valence-corrected chi connectivity index (χ3v) is 4.48. The van der Waals surface area contributed by atoms with Gasteiger partial charge in [0.2, 0.25) is 5.91 Å². The predicted octanol–water partition coefficient (Wildman–Crippen LogP) is 0.443. The van der Waals surface area contributed by atoms with Crippen LogP contribution in [0.2, 0.25) is 0 Å². The minimum absolute atomic E-state index is 0.0311. The molecule has 0 aromatic heterocycles. The van der Waals surface area contributed by atoms with Gasteiger partial charge in [0.1, 0.15) is 18.7 Å². The molecule has 0 aliphatic carbocycles. The molecule has 12 nitrogen and oxygen atoms in total. The highest BCUT2D eigenvalue weighted by Crippen LogP contribution is 2.06. The first-order valence-corrected chi connectivity index (χ1v) is 10.9. The summed E-state index contributed by atoms with van der Waals surface area (Å²) >= 11 is 0. The van der Waals surface area contributed by atoms with E-state index in [9.17, 15) is 24.0 Å². The lowest BCUT2D eigenvalue weighted by Gasteiger charge is -2.22. The molecule has 1 aromatic rings. The quantitative estimate of drug-likeness (QED) is 0.0968. The zero-order valence-electron chi connectivity index (χ0n) is 19.3. The number of esters is 2. The van der Waals surface area contributed by atoms with Gasteiger partial charge in [-0.05, 0) is 32.3 Å². The summed E-state index contributed by atoms with van der Waals surface area (Å²) in [5.74, 6) is 2.57. The summed E-state index contributed by atoms with van der Waals surface area (Å²) in [7, 11) is 0. The van der Waals surface area contributed by atoms with Crippen molar-refractivity contribution in [3.63, 3.8) is 0 Å². The minimum Gasteiger partial charge on any atom is -0.466 e. The van der Waals surface area contributed by atoms with Crippen LogP contribution in [-0.2, 0) is 40.0 Å². The molecule has 0 heterocycles. The molecule has 5 N–H and O–H groups in total. The molecule has 0 unspecified atom stereocenters. The Morgan fingerprint density at radius 3 is 1.82 bits per heavy atom. The fraction of sp³-hybridized carbons (Fsp3) is 0.500. The molecule has 0 fully saturated rings. The Morgan fingerprint density at radius 2 is 1.32 bits per heavy atom. The van der Waals surface area contributed by atoms with Gasteiger partial charge in [0, 0.05) is 12.8 Å². The highest BCUT2D eigenvalue weighted by molar-refractivity contribution is 5.91. The summed E-state index contributed by atoms with van der Waals surface area (Å²) in [6.07, 6.45) is -1.40. The number of hydrogen-bond acceptors (Lipinski definition) is 9. The number of hydrazine groups is 1. The van der Waals surface area contributed by atoms with Gasteiger partial charge in [-0.3, -0.25) is 24.6 Å². The van der Waals surface area contributed by atoms with Crippen LogP contribution in [0.15, 0.2) is 30.3 Å². The second-order valence-corrected chi connectivity index (χ2v) is 7.02. The molecule has 3 amide bonds. The summed E-state index contributed by atoms with van der Waals surface area (Å²) in [5.41, 5.74) is 2.66. The van der Waals surface area contributed by atoms with Gasteiger partial charge in [0.05, 0.1) is 13.2 Å². The zero-order chi connectivity index (χ0) is 25.3. The molecule has 2 atom stereocenters. The highest BCUT2D eigenvalue weighted by Gasteiger charge is 2.28. The first kappa shape index (κ1) is 28.4. The first-order chi connectivity index (χ1) is 16.3. The maximum absolute atomic E-state index is 12.9. The number of rotatable bonds is 14. The Hall–Kier alpha value is -3.67. The molecule has 12 heteroatoms. The fourth-order valence-electron chi connectivity index (χ4n) is 2.81. The van der Waals surface area contributed by atoms with E-state index in [0.29, 0.717) is 0 Å². The summed E-state index contributed by atoms with van der Waals surface area (Å²) < 4.78 is 14.8. The van der Waals surface area contributed by atoms with Gasteiger partial charge in [-0.25, -0.2) is 10.6 Å². The number of carbonyl (C=O) groups is 5. The Balaban J connectivity index is 2.82. The van der Waals surface area contributed by atoms with Crippen LogP contribution in [0.5, 0.6) is 0 Å². The summed E-state index contributed by atoms with van der Waals surface area (Å²) in [4.78, 5) is 60.6. The minimum atomic E-state index is -1.22. The average Bonchev–Trinajstić information content (AvgIpc) is 2.83. The van der Waals surface area contributed by atoms with E-state index in [1.807, 2.05) is 11.5 Å². The van der Waals surface area contributed by atoms with Crippen molar-refractivity contribution in [1.82, 2.24) is 16.1 Å². The molecule has 1 rings (SSSR count). The molecule has 0 aliphatic rings. The topological polar surface area (TPSA) is 175 Å². The van der Waals surface area contributed by atoms with E-state index in [1.165, 1.54) is 0 Å². The van der Waals surface area contributed by atoms with Gasteiger partial charge < -0.3 is 24.8 Å². The van der Waals surface area contributed by atoms with Gasteiger partial charge in [0.25, 0.3) is 5.91 Å². The fourth-order valence-corrected chi connectivity index (χ4v) is 2.81. The summed E-state index contributed by atoms with van der Waals surface area (Å²) in [6.45, 7) is 3.58. The summed E-state index contributed by atoms with van der Waals surface area (Å²) in [5, 5.41) is 4.84. The van der Waals surface area contributed by atoms with Crippen LogP contribution in [0.3, 0.4) is 0 Å². The monoisotopic (exact) mass is 480 g/mol. The number of carbonyl (C=O) groups excluding carboxylic acids is 5. The van der Waals surface area contributed by atoms with Gasteiger partial charge in [0.15, 0.2) is 0 Å². The largest absolute Gasteiger partial charge is 0.466 e. The van der Waals surface area contributed by atoms with Crippen LogP contribution in [0.1, 0.15) is 45.1 Å². The maximum Gasteiger partial charge on any atom is 0.408 e. The number of benzene rings is 1. The van der Waals surface area contributed by atoms with Crippen LogP contribution < -0.4 is 21.9 Å². The number of ether oxygens (including phenoxy) is 3. The third kappa shape index (κ3) is 11.3. The van der Waals surface area contributed by atoms with Crippen molar-refractivity contribution in [2.45, 2.75) is 58.2 Å². The van der Waals surface area contributed by atoms with Crippen molar-refractivity contribution >= 4 is 29.8 Å². The van der Waals surface area contributed by atoms with E-state index in [4.69, 9.17) is 20.1 Å². The molecule has 0 saturated heterocycles. The van der Waals surface area contributed by atoms with Gasteiger partial charge in [-0.15, -0.1) is 0 Å². The van der Waals surface area contributed by atoms with E-state index in [2.05, 4.69) is 10.6 Å². The standard InChI is InChI=1S/C22H32N4O8/c1-3-32-18(27)12-10-16(25-22(31)34-14-15-8-6-5-7-9-15)20(29)24-17(21(30)26-23)11-13-19(28)33-4-2/h5-9,16-17H,3-4,10-14,23H2,1-2H3,(H,24,29)(H,25,31)(H,26,30)/t16-,17-/m1/s1. The van der Waals surface area contributed by atoms with Crippen LogP contribution in [0, 0.1) is 0 Å². The Kier molecular flexibility index (Phi) is 13.4. The van der Waals surface area contributed by atoms with Crippen molar-refractivity contribution in [3.8, 4) is 0 Å².